The fourth-order valence-electron chi connectivity index (χ4n) is 3.38. The molecule has 4 rings (SSSR count). The Kier molecular flexibility index (Phi) is 3.33. The quantitative estimate of drug-likeness (QED) is 0.782. The van der Waals surface area contributed by atoms with Crippen LogP contribution >= 0.6 is 11.3 Å². The van der Waals surface area contributed by atoms with Crippen LogP contribution in [0.4, 0.5) is 0 Å². The van der Waals surface area contributed by atoms with Crippen molar-refractivity contribution in [1.29, 1.82) is 0 Å². The van der Waals surface area contributed by atoms with Crippen LogP contribution in [0.5, 0.6) is 0 Å². The number of sulfonamides is 1. The van der Waals surface area contributed by atoms with Crippen LogP contribution in [-0.4, -0.2) is 31.8 Å². The van der Waals surface area contributed by atoms with Gasteiger partial charge in [0.1, 0.15) is 4.21 Å². The summed E-state index contributed by atoms with van der Waals surface area (Å²) >= 11 is 1.20. The van der Waals surface area contributed by atoms with Crippen molar-refractivity contribution in [3.8, 4) is 0 Å². The average molecular weight is 349 g/mol. The smallest absolute Gasteiger partial charge is 0.339 e. The third-order valence-corrected chi connectivity index (χ3v) is 7.65. The minimum Gasteiger partial charge on any atom is -0.449 e. The Bertz CT molecular complexity index is 860. The topological polar surface area (TPSA) is 63.7 Å². The number of thiophene rings is 1. The summed E-state index contributed by atoms with van der Waals surface area (Å²) in [6, 6.07) is 10.6. The lowest BCUT2D eigenvalue weighted by atomic mass is 9.86. The SMILES string of the molecule is O=C1O[C@]2(CCCN(S(=O)(=O)c3cccs3)C2)c2ccccc21. The summed E-state index contributed by atoms with van der Waals surface area (Å²) in [7, 11) is -3.54. The second kappa shape index (κ2) is 5.15. The molecule has 1 aromatic carbocycles. The second-order valence-electron chi connectivity index (χ2n) is 5.80. The van der Waals surface area contributed by atoms with Gasteiger partial charge >= 0.3 is 5.97 Å². The Hall–Kier alpha value is -1.70. The molecule has 5 nitrogen and oxygen atoms in total. The number of hydrogen-bond donors (Lipinski definition) is 0. The van der Waals surface area contributed by atoms with Gasteiger partial charge in [-0.2, -0.15) is 4.31 Å². The first-order valence-corrected chi connectivity index (χ1v) is 9.71. The van der Waals surface area contributed by atoms with Crippen LogP contribution in [0.25, 0.3) is 0 Å². The van der Waals surface area contributed by atoms with Gasteiger partial charge in [0.25, 0.3) is 10.0 Å². The van der Waals surface area contributed by atoms with Crippen molar-refractivity contribution in [2.75, 3.05) is 13.1 Å². The molecule has 7 heteroatoms. The number of benzene rings is 1. The van der Waals surface area contributed by atoms with Gasteiger partial charge in [0, 0.05) is 12.1 Å². The van der Waals surface area contributed by atoms with E-state index in [1.807, 2.05) is 12.1 Å². The summed E-state index contributed by atoms with van der Waals surface area (Å²) in [5, 5.41) is 1.75. The molecule has 2 aliphatic rings. The molecular weight excluding hydrogens is 334 g/mol. The van der Waals surface area contributed by atoms with E-state index in [0.717, 1.165) is 5.56 Å². The normalized spacial score (nSPS) is 24.6. The first-order valence-electron chi connectivity index (χ1n) is 7.39. The second-order valence-corrected chi connectivity index (χ2v) is 8.92. The Balaban J connectivity index is 1.73. The van der Waals surface area contributed by atoms with Gasteiger partial charge in [-0.3, -0.25) is 0 Å². The Morgan fingerprint density at radius 2 is 2.00 bits per heavy atom. The van der Waals surface area contributed by atoms with E-state index < -0.39 is 15.6 Å². The Morgan fingerprint density at radius 3 is 2.78 bits per heavy atom. The largest absolute Gasteiger partial charge is 0.449 e. The van der Waals surface area contributed by atoms with Crippen molar-refractivity contribution in [1.82, 2.24) is 4.31 Å². The zero-order chi connectivity index (χ0) is 16.1. The zero-order valence-electron chi connectivity index (χ0n) is 12.3. The molecule has 1 aromatic heterocycles. The molecule has 0 saturated carbocycles. The number of ether oxygens (including phenoxy) is 1. The monoisotopic (exact) mass is 349 g/mol. The Morgan fingerprint density at radius 1 is 1.17 bits per heavy atom. The first kappa shape index (κ1) is 14.9. The molecule has 1 spiro atoms. The van der Waals surface area contributed by atoms with Crippen LogP contribution < -0.4 is 0 Å². The molecule has 1 saturated heterocycles. The third-order valence-electron chi connectivity index (χ3n) is 4.44. The van der Waals surface area contributed by atoms with Gasteiger partial charge < -0.3 is 4.74 Å². The lowest BCUT2D eigenvalue weighted by molar-refractivity contribution is -0.0345. The summed E-state index contributed by atoms with van der Waals surface area (Å²) in [6.07, 6.45) is 1.30. The summed E-state index contributed by atoms with van der Waals surface area (Å²) in [4.78, 5) is 12.1. The van der Waals surface area contributed by atoms with E-state index in [0.29, 0.717) is 29.2 Å². The molecule has 2 aliphatic heterocycles. The van der Waals surface area contributed by atoms with Crippen molar-refractivity contribution >= 4 is 27.3 Å². The molecule has 0 bridgehead atoms. The minimum atomic E-state index is -3.54. The lowest BCUT2D eigenvalue weighted by Gasteiger charge is -2.38. The van der Waals surface area contributed by atoms with Crippen LogP contribution in [-0.2, 0) is 20.4 Å². The number of rotatable bonds is 2. The predicted molar refractivity (Wildman–Crippen MR) is 85.8 cm³/mol. The van der Waals surface area contributed by atoms with Gasteiger partial charge in [0.05, 0.1) is 12.1 Å². The number of nitrogens with zero attached hydrogens (tertiary/aromatic N) is 1. The molecule has 0 unspecified atom stereocenters. The predicted octanol–water partition coefficient (Wildman–Crippen LogP) is 2.60. The molecule has 0 radical (unpaired) electrons. The van der Waals surface area contributed by atoms with Crippen molar-refractivity contribution in [3.05, 3.63) is 52.9 Å². The first-order chi connectivity index (χ1) is 11.0. The summed E-state index contributed by atoms with van der Waals surface area (Å²) < 4.78 is 33.0. The molecule has 1 fully saturated rings. The van der Waals surface area contributed by atoms with Gasteiger partial charge in [-0.25, -0.2) is 13.2 Å². The van der Waals surface area contributed by atoms with Crippen LogP contribution in [0.2, 0.25) is 0 Å². The number of fused-ring (bicyclic) bond motifs is 2. The van der Waals surface area contributed by atoms with E-state index in [9.17, 15) is 13.2 Å². The fraction of sp³-hybridized carbons (Fsp3) is 0.312. The van der Waals surface area contributed by atoms with Crippen LogP contribution in [0.1, 0.15) is 28.8 Å². The highest BCUT2D eigenvalue weighted by Gasteiger charge is 2.50. The zero-order valence-corrected chi connectivity index (χ0v) is 13.9. The van der Waals surface area contributed by atoms with Crippen LogP contribution in [0.3, 0.4) is 0 Å². The lowest BCUT2D eigenvalue weighted by Crippen LogP contribution is -2.48. The molecule has 120 valence electrons. The van der Waals surface area contributed by atoms with E-state index >= 15 is 0 Å². The number of piperidine rings is 1. The van der Waals surface area contributed by atoms with Gasteiger partial charge in [-0.1, -0.05) is 24.3 Å². The molecule has 3 heterocycles. The van der Waals surface area contributed by atoms with E-state index in [1.54, 1.807) is 29.6 Å². The molecule has 0 N–H and O–H groups in total. The number of carbonyl (C=O) groups excluding carboxylic acids is 1. The van der Waals surface area contributed by atoms with Crippen LogP contribution in [0, 0.1) is 0 Å². The fourth-order valence-corrected chi connectivity index (χ4v) is 6.05. The minimum absolute atomic E-state index is 0.177. The van der Waals surface area contributed by atoms with Crippen molar-refractivity contribution < 1.29 is 17.9 Å². The van der Waals surface area contributed by atoms with E-state index in [-0.39, 0.29) is 12.5 Å². The van der Waals surface area contributed by atoms with Gasteiger partial charge in [-0.05, 0) is 30.4 Å². The highest BCUT2D eigenvalue weighted by molar-refractivity contribution is 7.91. The number of carbonyl (C=O) groups is 1. The average Bonchev–Trinajstić information content (AvgIpc) is 3.17. The molecule has 0 aliphatic carbocycles. The highest BCUT2D eigenvalue weighted by atomic mass is 32.2. The molecule has 0 amide bonds. The molecule has 23 heavy (non-hydrogen) atoms. The van der Waals surface area contributed by atoms with Gasteiger partial charge in [0.2, 0.25) is 0 Å². The van der Waals surface area contributed by atoms with Crippen molar-refractivity contribution in [2.45, 2.75) is 22.7 Å². The van der Waals surface area contributed by atoms with Crippen LogP contribution in [0.15, 0.2) is 46.0 Å². The molecule has 1 atom stereocenters. The summed E-state index contributed by atoms with van der Waals surface area (Å²) in [6.45, 7) is 0.623. The number of hydrogen-bond acceptors (Lipinski definition) is 5. The third kappa shape index (κ3) is 2.22. The van der Waals surface area contributed by atoms with Gasteiger partial charge in [-0.15, -0.1) is 11.3 Å². The summed E-state index contributed by atoms with van der Waals surface area (Å²) in [5.41, 5.74) is 0.495. The standard InChI is InChI=1S/C16H15NO4S2/c18-15-12-5-1-2-6-13(12)16(21-15)8-4-9-17(11-16)23(19,20)14-7-3-10-22-14/h1-3,5-7,10H,4,8-9,11H2/t16-/m0/s1. The highest BCUT2D eigenvalue weighted by Crippen LogP contribution is 2.43. The van der Waals surface area contributed by atoms with E-state index in [4.69, 9.17) is 4.74 Å². The van der Waals surface area contributed by atoms with E-state index in [2.05, 4.69) is 0 Å². The van der Waals surface area contributed by atoms with E-state index in [1.165, 1.54) is 15.6 Å². The maximum absolute atomic E-state index is 12.8. The molecular formula is C16H15NO4S2. The molecule has 2 aromatic rings. The van der Waals surface area contributed by atoms with Gasteiger partial charge in [0.15, 0.2) is 5.60 Å². The summed E-state index contributed by atoms with van der Waals surface area (Å²) in [5.74, 6) is -0.365. The van der Waals surface area contributed by atoms with Crippen molar-refractivity contribution in [2.24, 2.45) is 0 Å². The maximum Gasteiger partial charge on any atom is 0.339 e. The number of esters is 1. The Labute approximate surface area is 138 Å². The van der Waals surface area contributed by atoms with Crippen molar-refractivity contribution in [3.63, 3.8) is 0 Å². The maximum atomic E-state index is 12.8.